The SMILES string of the molecule is CSCCC(C)NS(=O)(=O)c1ccc(CCO)s1. The molecule has 0 radical (unpaired) electrons. The van der Waals surface area contributed by atoms with Crippen LogP contribution in [0.5, 0.6) is 0 Å². The van der Waals surface area contributed by atoms with Crippen LogP contribution in [0.15, 0.2) is 16.3 Å². The normalized spacial score (nSPS) is 13.7. The van der Waals surface area contributed by atoms with Gasteiger partial charge in [-0.05, 0) is 37.5 Å². The molecule has 0 aliphatic heterocycles. The summed E-state index contributed by atoms with van der Waals surface area (Å²) in [4.78, 5) is 0.884. The highest BCUT2D eigenvalue weighted by Gasteiger charge is 2.19. The van der Waals surface area contributed by atoms with E-state index in [0.717, 1.165) is 17.1 Å². The molecule has 1 unspecified atom stereocenters. The minimum atomic E-state index is -3.41. The maximum atomic E-state index is 12.1. The highest BCUT2D eigenvalue weighted by atomic mass is 32.2. The standard InChI is InChI=1S/C11H19NO3S3/c1-9(6-8-16-2)12-18(14,15)11-4-3-10(17-11)5-7-13/h3-4,9,12-13H,5-8H2,1-2H3. The second-order valence-corrected chi connectivity index (χ2v) is 8.09. The molecule has 0 spiro atoms. The van der Waals surface area contributed by atoms with Gasteiger partial charge in [0.15, 0.2) is 0 Å². The van der Waals surface area contributed by atoms with Crippen molar-refractivity contribution in [2.75, 3.05) is 18.6 Å². The van der Waals surface area contributed by atoms with Gasteiger partial charge in [-0.2, -0.15) is 11.8 Å². The van der Waals surface area contributed by atoms with Gasteiger partial charge in [-0.25, -0.2) is 13.1 Å². The minimum Gasteiger partial charge on any atom is -0.396 e. The quantitative estimate of drug-likeness (QED) is 0.767. The summed E-state index contributed by atoms with van der Waals surface area (Å²) in [6.07, 6.45) is 3.32. The molecule has 0 aromatic carbocycles. The first-order valence-corrected chi connectivity index (χ1v) is 9.39. The Morgan fingerprint density at radius 2 is 2.22 bits per heavy atom. The molecule has 1 aromatic rings. The molecule has 7 heteroatoms. The van der Waals surface area contributed by atoms with Crippen LogP contribution in [0, 0.1) is 0 Å². The molecule has 0 aliphatic rings. The molecule has 0 saturated carbocycles. The van der Waals surface area contributed by atoms with Crippen LogP contribution in [0.25, 0.3) is 0 Å². The number of thioether (sulfide) groups is 1. The van der Waals surface area contributed by atoms with Crippen molar-refractivity contribution >= 4 is 33.1 Å². The second kappa shape index (κ2) is 7.49. The van der Waals surface area contributed by atoms with E-state index in [-0.39, 0.29) is 12.6 Å². The summed E-state index contributed by atoms with van der Waals surface area (Å²) >= 11 is 2.92. The number of thiophene rings is 1. The van der Waals surface area contributed by atoms with Crippen LogP contribution in [0.4, 0.5) is 0 Å². The zero-order valence-corrected chi connectivity index (χ0v) is 13.0. The van der Waals surface area contributed by atoms with Gasteiger partial charge < -0.3 is 5.11 Å². The molecule has 1 rings (SSSR count). The largest absolute Gasteiger partial charge is 0.396 e. The molecule has 0 fully saturated rings. The fourth-order valence-electron chi connectivity index (χ4n) is 1.42. The molecule has 1 aromatic heterocycles. The highest BCUT2D eigenvalue weighted by Crippen LogP contribution is 2.22. The lowest BCUT2D eigenvalue weighted by Crippen LogP contribution is -2.32. The van der Waals surface area contributed by atoms with Crippen molar-refractivity contribution in [3.63, 3.8) is 0 Å². The Bertz CT molecular complexity index is 456. The van der Waals surface area contributed by atoms with Gasteiger partial charge in [0.1, 0.15) is 4.21 Å². The summed E-state index contributed by atoms with van der Waals surface area (Å²) in [7, 11) is -3.41. The minimum absolute atomic E-state index is 0.0392. The summed E-state index contributed by atoms with van der Waals surface area (Å²) < 4.78 is 27.1. The molecule has 104 valence electrons. The van der Waals surface area contributed by atoms with Crippen molar-refractivity contribution in [2.24, 2.45) is 0 Å². The molecule has 2 N–H and O–H groups in total. The number of aliphatic hydroxyl groups excluding tert-OH is 1. The van der Waals surface area contributed by atoms with Crippen LogP contribution < -0.4 is 4.72 Å². The highest BCUT2D eigenvalue weighted by molar-refractivity contribution is 7.98. The van der Waals surface area contributed by atoms with Crippen molar-refractivity contribution in [3.05, 3.63) is 17.0 Å². The third kappa shape index (κ3) is 4.89. The number of nitrogens with one attached hydrogen (secondary N) is 1. The molecular formula is C11H19NO3S3. The molecule has 4 nitrogen and oxygen atoms in total. The molecule has 1 heterocycles. The molecular weight excluding hydrogens is 290 g/mol. The van der Waals surface area contributed by atoms with Crippen LogP contribution in [0.3, 0.4) is 0 Å². The fourth-order valence-corrected chi connectivity index (χ4v) is 4.65. The van der Waals surface area contributed by atoms with Gasteiger partial charge >= 0.3 is 0 Å². The molecule has 0 bridgehead atoms. The number of rotatable bonds is 8. The number of hydrogen-bond donors (Lipinski definition) is 2. The van der Waals surface area contributed by atoms with Gasteiger partial charge in [0, 0.05) is 23.9 Å². The van der Waals surface area contributed by atoms with E-state index in [9.17, 15) is 8.42 Å². The molecule has 0 aliphatic carbocycles. The van der Waals surface area contributed by atoms with E-state index in [1.54, 1.807) is 23.9 Å². The maximum Gasteiger partial charge on any atom is 0.250 e. The predicted molar refractivity (Wildman–Crippen MR) is 77.9 cm³/mol. The van der Waals surface area contributed by atoms with E-state index in [1.807, 2.05) is 13.2 Å². The molecule has 0 amide bonds. The molecule has 0 saturated heterocycles. The lowest BCUT2D eigenvalue weighted by Gasteiger charge is -2.12. The van der Waals surface area contributed by atoms with Crippen molar-refractivity contribution < 1.29 is 13.5 Å². The maximum absolute atomic E-state index is 12.1. The van der Waals surface area contributed by atoms with Gasteiger partial charge in [0.2, 0.25) is 10.0 Å². The lowest BCUT2D eigenvalue weighted by atomic mass is 10.3. The van der Waals surface area contributed by atoms with Gasteiger partial charge in [0.25, 0.3) is 0 Å². The Labute approximate surface area is 117 Å². The third-order valence-electron chi connectivity index (χ3n) is 2.37. The van der Waals surface area contributed by atoms with E-state index >= 15 is 0 Å². The van der Waals surface area contributed by atoms with Crippen molar-refractivity contribution in [1.82, 2.24) is 4.72 Å². The first-order chi connectivity index (χ1) is 8.49. The summed E-state index contributed by atoms with van der Waals surface area (Å²) in [5.74, 6) is 0.934. The number of sulfonamides is 1. The Balaban J connectivity index is 2.67. The van der Waals surface area contributed by atoms with Gasteiger partial charge in [-0.1, -0.05) is 0 Å². The average Bonchev–Trinajstić information content (AvgIpc) is 2.75. The van der Waals surface area contributed by atoms with E-state index in [4.69, 9.17) is 5.11 Å². The Hall–Kier alpha value is -0.0800. The zero-order chi connectivity index (χ0) is 13.6. The summed E-state index contributed by atoms with van der Waals surface area (Å²) in [6, 6.07) is 3.28. The topological polar surface area (TPSA) is 66.4 Å². The summed E-state index contributed by atoms with van der Waals surface area (Å²) in [5.41, 5.74) is 0. The molecule has 18 heavy (non-hydrogen) atoms. The van der Waals surface area contributed by atoms with Crippen LogP contribution in [-0.4, -0.2) is 38.2 Å². The fraction of sp³-hybridized carbons (Fsp3) is 0.636. The van der Waals surface area contributed by atoms with Crippen molar-refractivity contribution in [2.45, 2.75) is 30.0 Å². The van der Waals surface area contributed by atoms with Gasteiger partial charge in [-0.3, -0.25) is 0 Å². The predicted octanol–water partition coefficient (Wildman–Crippen LogP) is 1.70. The second-order valence-electron chi connectivity index (χ2n) is 4.00. The average molecular weight is 309 g/mol. The lowest BCUT2D eigenvalue weighted by molar-refractivity contribution is 0.300. The zero-order valence-electron chi connectivity index (χ0n) is 10.5. The summed E-state index contributed by atoms with van der Waals surface area (Å²) in [5, 5.41) is 8.81. The third-order valence-corrected chi connectivity index (χ3v) is 6.24. The van der Waals surface area contributed by atoms with Gasteiger partial charge in [0.05, 0.1) is 0 Å². The number of aliphatic hydroxyl groups is 1. The van der Waals surface area contributed by atoms with Gasteiger partial charge in [-0.15, -0.1) is 11.3 Å². The Morgan fingerprint density at radius 1 is 1.50 bits per heavy atom. The Morgan fingerprint density at radius 3 is 2.83 bits per heavy atom. The van der Waals surface area contributed by atoms with Crippen LogP contribution >= 0.6 is 23.1 Å². The van der Waals surface area contributed by atoms with E-state index in [0.29, 0.717) is 10.6 Å². The number of hydrogen-bond acceptors (Lipinski definition) is 5. The first kappa shape index (κ1) is 16.0. The van der Waals surface area contributed by atoms with E-state index in [2.05, 4.69) is 4.72 Å². The van der Waals surface area contributed by atoms with Crippen LogP contribution in [0.2, 0.25) is 0 Å². The molecule has 1 atom stereocenters. The van der Waals surface area contributed by atoms with Crippen LogP contribution in [0.1, 0.15) is 18.2 Å². The monoisotopic (exact) mass is 309 g/mol. The first-order valence-electron chi connectivity index (χ1n) is 5.70. The smallest absolute Gasteiger partial charge is 0.250 e. The summed E-state index contributed by atoms with van der Waals surface area (Å²) in [6.45, 7) is 1.91. The van der Waals surface area contributed by atoms with Crippen molar-refractivity contribution in [3.8, 4) is 0 Å². The van der Waals surface area contributed by atoms with Crippen molar-refractivity contribution in [1.29, 1.82) is 0 Å². The van der Waals surface area contributed by atoms with Crippen LogP contribution in [-0.2, 0) is 16.4 Å². The Kier molecular flexibility index (Phi) is 6.65. The van der Waals surface area contributed by atoms with E-state index < -0.39 is 10.0 Å². The van der Waals surface area contributed by atoms with E-state index in [1.165, 1.54) is 11.3 Å².